The minimum Gasteiger partial charge on any atom is -0.480 e. The van der Waals surface area contributed by atoms with Gasteiger partial charge in [0.1, 0.15) is 17.2 Å². The van der Waals surface area contributed by atoms with Crippen LogP contribution in [-0.2, 0) is 25.6 Å². The number of furan rings is 1. The molecule has 0 aliphatic carbocycles. The van der Waals surface area contributed by atoms with Crippen LogP contribution in [0.4, 0.5) is 4.79 Å². The third-order valence-electron chi connectivity index (χ3n) is 4.24. The molecular formula is C21H19ClN2O8. The molecule has 1 aromatic heterocycles. The highest BCUT2D eigenvalue weighted by atomic mass is 35.5. The van der Waals surface area contributed by atoms with Gasteiger partial charge in [0.2, 0.25) is 5.76 Å². The molecule has 1 aliphatic rings. The first-order chi connectivity index (χ1) is 15.3. The van der Waals surface area contributed by atoms with E-state index in [1.807, 2.05) is 0 Å². The molecule has 1 fully saturated rings. The summed E-state index contributed by atoms with van der Waals surface area (Å²) in [6.45, 7) is 1.47. The van der Waals surface area contributed by atoms with E-state index in [0.29, 0.717) is 5.56 Å². The van der Waals surface area contributed by atoms with Crippen molar-refractivity contribution < 1.29 is 37.8 Å². The Morgan fingerprint density at radius 3 is 2.69 bits per heavy atom. The number of imide groups is 1. The smallest absolute Gasteiger partial charge is 0.373 e. The topological polar surface area (TPSA) is 124 Å². The molecule has 3 amide bonds. The molecule has 1 aliphatic heterocycles. The average Bonchev–Trinajstić information content (AvgIpc) is 3.33. The standard InChI is InChI=1S/C21H19ClN2O8/c1-3-30-18(25)11-31-16-6-4-12(8-14(16)22)9-15-19(26)24(21(28)23-15)10-13-5-7-17(32-13)20(27)29-2/h4-9H,3,10-11H2,1-2H3,(H,23,28)/b15-9-. The summed E-state index contributed by atoms with van der Waals surface area (Å²) in [5.74, 6) is -1.30. The number of carbonyl (C=O) groups is 4. The van der Waals surface area contributed by atoms with Gasteiger partial charge < -0.3 is 23.9 Å². The second kappa shape index (κ2) is 10.0. The van der Waals surface area contributed by atoms with Gasteiger partial charge in [0.05, 0.1) is 25.3 Å². The highest BCUT2D eigenvalue weighted by molar-refractivity contribution is 6.32. The van der Waals surface area contributed by atoms with Crippen LogP contribution in [0.5, 0.6) is 5.75 Å². The van der Waals surface area contributed by atoms with E-state index in [-0.39, 0.29) is 47.7 Å². The number of hydrogen-bond acceptors (Lipinski definition) is 8. The number of nitrogens with zero attached hydrogens (tertiary/aromatic N) is 1. The molecule has 1 N–H and O–H groups in total. The maximum absolute atomic E-state index is 12.6. The lowest BCUT2D eigenvalue weighted by Crippen LogP contribution is -2.30. The summed E-state index contributed by atoms with van der Waals surface area (Å²) in [6.07, 6.45) is 1.45. The van der Waals surface area contributed by atoms with E-state index in [9.17, 15) is 19.2 Å². The van der Waals surface area contributed by atoms with Gasteiger partial charge in [0, 0.05) is 0 Å². The molecule has 0 saturated carbocycles. The summed E-state index contributed by atoms with van der Waals surface area (Å²) in [5.41, 5.74) is 0.556. The number of urea groups is 1. The molecule has 2 heterocycles. The molecule has 0 spiro atoms. The number of carbonyl (C=O) groups excluding carboxylic acids is 4. The number of nitrogens with one attached hydrogen (secondary N) is 1. The van der Waals surface area contributed by atoms with Gasteiger partial charge in [0.25, 0.3) is 5.91 Å². The average molecular weight is 463 g/mol. The molecular weight excluding hydrogens is 444 g/mol. The van der Waals surface area contributed by atoms with Crippen LogP contribution in [0.2, 0.25) is 5.02 Å². The van der Waals surface area contributed by atoms with E-state index in [4.69, 9.17) is 25.5 Å². The summed E-state index contributed by atoms with van der Waals surface area (Å²) in [7, 11) is 1.21. The van der Waals surface area contributed by atoms with Crippen molar-refractivity contribution in [2.45, 2.75) is 13.5 Å². The zero-order valence-corrected chi connectivity index (χ0v) is 17.9. The van der Waals surface area contributed by atoms with E-state index >= 15 is 0 Å². The van der Waals surface area contributed by atoms with E-state index in [1.165, 1.54) is 37.5 Å². The van der Waals surface area contributed by atoms with Crippen molar-refractivity contribution in [2.24, 2.45) is 0 Å². The van der Waals surface area contributed by atoms with Crippen molar-refractivity contribution in [2.75, 3.05) is 20.3 Å². The molecule has 0 unspecified atom stereocenters. The monoisotopic (exact) mass is 462 g/mol. The molecule has 11 heteroatoms. The van der Waals surface area contributed by atoms with E-state index < -0.39 is 23.9 Å². The second-order valence-corrected chi connectivity index (χ2v) is 6.83. The van der Waals surface area contributed by atoms with Crippen molar-refractivity contribution in [3.8, 4) is 5.75 Å². The molecule has 3 rings (SSSR count). The number of halogens is 1. The molecule has 2 aromatic rings. The quantitative estimate of drug-likeness (QED) is 0.360. The predicted octanol–water partition coefficient (Wildman–Crippen LogP) is 2.75. The fraction of sp³-hybridized carbons (Fsp3) is 0.238. The fourth-order valence-electron chi connectivity index (χ4n) is 2.77. The number of amides is 3. The summed E-state index contributed by atoms with van der Waals surface area (Å²) in [5, 5.41) is 2.69. The molecule has 1 saturated heterocycles. The van der Waals surface area contributed by atoms with Crippen LogP contribution in [0.15, 0.2) is 40.4 Å². The fourth-order valence-corrected chi connectivity index (χ4v) is 3.02. The van der Waals surface area contributed by atoms with Gasteiger partial charge in [0.15, 0.2) is 6.61 Å². The highest BCUT2D eigenvalue weighted by Gasteiger charge is 2.34. The van der Waals surface area contributed by atoms with Crippen LogP contribution in [0.1, 0.15) is 28.8 Å². The minimum absolute atomic E-state index is 0.0333. The Hall–Kier alpha value is -3.79. The zero-order valence-electron chi connectivity index (χ0n) is 17.2. The normalized spacial score (nSPS) is 14.5. The Labute approximate surface area is 187 Å². The number of benzene rings is 1. The van der Waals surface area contributed by atoms with Gasteiger partial charge in [-0.2, -0.15) is 0 Å². The van der Waals surface area contributed by atoms with Crippen molar-refractivity contribution in [1.82, 2.24) is 10.2 Å². The number of ether oxygens (including phenoxy) is 3. The third kappa shape index (κ3) is 5.27. The first-order valence-electron chi connectivity index (χ1n) is 9.42. The Kier molecular flexibility index (Phi) is 7.16. The lowest BCUT2D eigenvalue weighted by Gasteiger charge is -2.09. The number of esters is 2. The number of rotatable bonds is 8. The van der Waals surface area contributed by atoms with Gasteiger partial charge in [-0.15, -0.1) is 0 Å². The summed E-state index contributed by atoms with van der Waals surface area (Å²) >= 11 is 6.18. The Bertz CT molecular complexity index is 1090. The Morgan fingerprint density at radius 2 is 2.00 bits per heavy atom. The summed E-state index contributed by atoms with van der Waals surface area (Å²) < 4.78 is 19.9. The van der Waals surface area contributed by atoms with Crippen LogP contribution in [0.3, 0.4) is 0 Å². The number of hydrogen-bond donors (Lipinski definition) is 1. The summed E-state index contributed by atoms with van der Waals surface area (Å²) in [6, 6.07) is 6.89. The molecule has 0 atom stereocenters. The zero-order chi connectivity index (χ0) is 23.3. The lowest BCUT2D eigenvalue weighted by molar-refractivity contribution is -0.145. The molecule has 0 radical (unpaired) electrons. The molecule has 168 valence electrons. The van der Waals surface area contributed by atoms with Crippen LogP contribution >= 0.6 is 11.6 Å². The second-order valence-electron chi connectivity index (χ2n) is 6.42. The number of methoxy groups -OCH3 is 1. The Balaban J connectivity index is 1.68. The molecule has 10 nitrogen and oxygen atoms in total. The SMILES string of the molecule is CCOC(=O)COc1ccc(/C=C2\NC(=O)N(Cc3ccc(C(=O)OC)o3)C2=O)cc1Cl. The largest absolute Gasteiger partial charge is 0.480 e. The summed E-state index contributed by atoms with van der Waals surface area (Å²) in [4.78, 5) is 48.7. The maximum atomic E-state index is 12.6. The first kappa shape index (κ1) is 22.9. The van der Waals surface area contributed by atoms with E-state index in [0.717, 1.165) is 4.90 Å². The van der Waals surface area contributed by atoms with Crippen LogP contribution < -0.4 is 10.1 Å². The van der Waals surface area contributed by atoms with Crippen molar-refractivity contribution in [3.63, 3.8) is 0 Å². The van der Waals surface area contributed by atoms with Crippen LogP contribution in [0, 0.1) is 0 Å². The van der Waals surface area contributed by atoms with Crippen molar-refractivity contribution >= 4 is 41.6 Å². The lowest BCUT2D eigenvalue weighted by atomic mass is 10.2. The molecule has 32 heavy (non-hydrogen) atoms. The molecule has 1 aromatic carbocycles. The maximum Gasteiger partial charge on any atom is 0.373 e. The van der Waals surface area contributed by atoms with Gasteiger partial charge >= 0.3 is 18.0 Å². The van der Waals surface area contributed by atoms with Crippen LogP contribution in [0.25, 0.3) is 6.08 Å². The minimum atomic E-state index is -0.666. The Morgan fingerprint density at radius 1 is 1.22 bits per heavy atom. The van der Waals surface area contributed by atoms with Gasteiger partial charge in [-0.1, -0.05) is 17.7 Å². The highest BCUT2D eigenvalue weighted by Crippen LogP contribution is 2.27. The third-order valence-corrected chi connectivity index (χ3v) is 4.54. The van der Waals surface area contributed by atoms with Gasteiger partial charge in [-0.05, 0) is 42.8 Å². The van der Waals surface area contributed by atoms with Crippen molar-refractivity contribution in [3.05, 3.63) is 58.1 Å². The van der Waals surface area contributed by atoms with E-state index in [1.54, 1.807) is 13.0 Å². The van der Waals surface area contributed by atoms with Gasteiger partial charge in [-0.25, -0.2) is 14.4 Å². The van der Waals surface area contributed by atoms with Gasteiger partial charge in [-0.3, -0.25) is 9.69 Å². The van der Waals surface area contributed by atoms with Crippen molar-refractivity contribution in [1.29, 1.82) is 0 Å². The van der Waals surface area contributed by atoms with Crippen LogP contribution in [-0.4, -0.2) is 49.1 Å². The van der Waals surface area contributed by atoms with E-state index in [2.05, 4.69) is 10.1 Å². The first-order valence-corrected chi connectivity index (χ1v) is 9.79. The predicted molar refractivity (Wildman–Crippen MR) is 111 cm³/mol. The molecule has 0 bridgehead atoms.